The monoisotopic (exact) mass is 276 g/mol. The predicted molar refractivity (Wildman–Crippen MR) is 70.9 cm³/mol. The third-order valence-electron chi connectivity index (χ3n) is 3.07. The molecule has 1 unspecified atom stereocenters. The number of ether oxygens (including phenoxy) is 1. The van der Waals surface area contributed by atoms with Gasteiger partial charge in [-0.25, -0.2) is 0 Å². The Bertz CT molecular complexity index is 515. The maximum Gasteiger partial charge on any atom is 0.249 e. The van der Waals surface area contributed by atoms with Crippen molar-refractivity contribution in [3.63, 3.8) is 0 Å². The standard InChI is InChI=1S/C14H16N2O4/c1-10-14(19)15-12(17)9-16(10)13(18)7-8-20-11-5-3-2-4-6-11/h2-6,10H,7-9H2,1H3,(H,15,17,19). The third kappa shape index (κ3) is 3.34. The van der Waals surface area contributed by atoms with Crippen molar-refractivity contribution in [3.05, 3.63) is 30.3 Å². The average Bonchev–Trinajstić information content (AvgIpc) is 2.44. The second-order valence-corrected chi connectivity index (χ2v) is 4.52. The van der Waals surface area contributed by atoms with E-state index in [1.165, 1.54) is 4.90 Å². The Morgan fingerprint density at radius 3 is 2.75 bits per heavy atom. The van der Waals surface area contributed by atoms with Gasteiger partial charge in [0, 0.05) is 0 Å². The molecule has 6 nitrogen and oxygen atoms in total. The molecule has 0 aromatic heterocycles. The average molecular weight is 276 g/mol. The summed E-state index contributed by atoms with van der Waals surface area (Å²) in [6.07, 6.45) is 0.125. The molecule has 20 heavy (non-hydrogen) atoms. The van der Waals surface area contributed by atoms with Gasteiger partial charge in [0.2, 0.25) is 17.7 Å². The third-order valence-corrected chi connectivity index (χ3v) is 3.07. The van der Waals surface area contributed by atoms with Crippen LogP contribution in [0.1, 0.15) is 13.3 Å². The highest BCUT2D eigenvalue weighted by Crippen LogP contribution is 2.10. The molecule has 1 aromatic carbocycles. The van der Waals surface area contributed by atoms with Crippen LogP contribution in [0.5, 0.6) is 5.75 Å². The number of nitrogens with one attached hydrogen (secondary N) is 1. The number of amides is 3. The second-order valence-electron chi connectivity index (χ2n) is 4.52. The molecule has 1 aromatic rings. The van der Waals surface area contributed by atoms with Crippen LogP contribution in [0.4, 0.5) is 0 Å². The highest BCUT2D eigenvalue weighted by Gasteiger charge is 2.33. The Morgan fingerprint density at radius 1 is 1.35 bits per heavy atom. The number of benzene rings is 1. The van der Waals surface area contributed by atoms with Gasteiger partial charge in [-0.2, -0.15) is 0 Å². The largest absolute Gasteiger partial charge is 0.493 e. The van der Waals surface area contributed by atoms with Crippen LogP contribution in [0, 0.1) is 0 Å². The Kier molecular flexibility index (Phi) is 4.34. The van der Waals surface area contributed by atoms with Crippen LogP contribution in [0.2, 0.25) is 0 Å². The van der Waals surface area contributed by atoms with Crippen molar-refractivity contribution in [3.8, 4) is 5.75 Å². The first kappa shape index (κ1) is 14.0. The molecule has 0 bridgehead atoms. The van der Waals surface area contributed by atoms with Crippen molar-refractivity contribution in [2.24, 2.45) is 0 Å². The molecule has 1 saturated heterocycles. The predicted octanol–water partition coefficient (Wildman–Crippen LogP) is 0.329. The molecule has 1 atom stereocenters. The fourth-order valence-electron chi connectivity index (χ4n) is 1.94. The summed E-state index contributed by atoms with van der Waals surface area (Å²) in [6.45, 7) is 1.72. The zero-order valence-electron chi connectivity index (χ0n) is 11.2. The van der Waals surface area contributed by atoms with E-state index in [9.17, 15) is 14.4 Å². The molecule has 0 aliphatic carbocycles. The van der Waals surface area contributed by atoms with Crippen molar-refractivity contribution in [2.75, 3.05) is 13.2 Å². The van der Waals surface area contributed by atoms with Crippen LogP contribution in [0.25, 0.3) is 0 Å². The van der Waals surface area contributed by atoms with Crippen molar-refractivity contribution in [1.29, 1.82) is 0 Å². The molecular weight excluding hydrogens is 260 g/mol. The Balaban J connectivity index is 1.85. The highest BCUT2D eigenvalue weighted by molar-refractivity contribution is 6.04. The quantitative estimate of drug-likeness (QED) is 0.804. The number of hydrogen-bond donors (Lipinski definition) is 1. The maximum absolute atomic E-state index is 12.0. The van der Waals surface area contributed by atoms with Gasteiger partial charge in [0.05, 0.1) is 13.0 Å². The van der Waals surface area contributed by atoms with Gasteiger partial charge < -0.3 is 9.64 Å². The van der Waals surface area contributed by atoms with Gasteiger partial charge in [0.25, 0.3) is 0 Å². The second kappa shape index (κ2) is 6.18. The topological polar surface area (TPSA) is 75.7 Å². The summed E-state index contributed by atoms with van der Waals surface area (Å²) in [5.74, 6) is -0.485. The molecule has 1 aliphatic rings. The number of imide groups is 1. The highest BCUT2D eigenvalue weighted by atomic mass is 16.5. The van der Waals surface area contributed by atoms with Crippen LogP contribution in [0.15, 0.2) is 30.3 Å². The molecule has 1 heterocycles. The fourth-order valence-corrected chi connectivity index (χ4v) is 1.94. The van der Waals surface area contributed by atoms with Crippen LogP contribution in [-0.2, 0) is 14.4 Å². The fraction of sp³-hybridized carbons (Fsp3) is 0.357. The van der Waals surface area contributed by atoms with Crippen LogP contribution in [-0.4, -0.2) is 41.8 Å². The van der Waals surface area contributed by atoms with E-state index in [2.05, 4.69) is 5.32 Å². The Labute approximate surface area is 116 Å². The summed E-state index contributed by atoms with van der Waals surface area (Å²) in [5, 5.41) is 2.19. The first-order valence-corrected chi connectivity index (χ1v) is 6.39. The lowest BCUT2D eigenvalue weighted by atomic mass is 10.2. The van der Waals surface area contributed by atoms with E-state index in [1.807, 2.05) is 18.2 Å². The van der Waals surface area contributed by atoms with Gasteiger partial charge >= 0.3 is 0 Å². The van der Waals surface area contributed by atoms with Gasteiger partial charge in [0.15, 0.2) is 0 Å². The molecule has 3 amide bonds. The molecule has 1 N–H and O–H groups in total. The first-order valence-electron chi connectivity index (χ1n) is 6.39. The molecule has 0 saturated carbocycles. The lowest BCUT2D eigenvalue weighted by molar-refractivity contribution is -0.149. The van der Waals surface area contributed by atoms with Crippen molar-refractivity contribution in [2.45, 2.75) is 19.4 Å². The summed E-state index contributed by atoms with van der Waals surface area (Å²) in [4.78, 5) is 36.0. The molecule has 0 spiro atoms. The summed E-state index contributed by atoms with van der Waals surface area (Å²) in [7, 11) is 0. The van der Waals surface area contributed by atoms with Crippen molar-refractivity contribution < 1.29 is 19.1 Å². The molecule has 0 radical (unpaired) electrons. The van der Waals surface area contributed by atoms with Gasteiger partial charge in [-0.1, -0.05) is 18.2 Å². The Morgan fingerprint density at radius 2 is 2.05 bits per heavy atom. The minimum absolute atomic E-state index is 0.0862. The molecule has 106 valence electrons. The van der Waals surface area contributed by atoms with E-state index in [0.29, 0.717) is 5.75 Å². The summed E-state index contributed by atoms with van der Waals surface area (Å²) >= 11 is 0. The minimum atomic E-state index is -0.628. The SMILES string of the molecule is CC1C(=O)NC(=O)CN1C(=O)CCOc1ccccc1. The van der Waals surface area contributed by atoms with E-state index in [-0.39, 0.29) is 25.5 Å². The lowest BCUT2D eigenvalue weighted by Crippen LogP contribution is -2.58. The first-order chi connectivity index (χ1) is 9.58. The number of para-hydroxylation sites is 1. The smallest absolute Gasteiger partial charge is 0.249 e. The van der Waals surface area contributed by atoms with Crippen molar-refractivity contribution in [1.82, 2.24) is 10.2 Å². The van der Waals surface area contributed by atoms with Crippen LogP contribution < -0.4 is 10.1 Å². The molecule has 1 fully saturated rings. The minimum Gasteiger partial charge on any atom is -0.493 e. The molecule has 2 rings (SSSR count). The lowest BCUT2D eigenvalue weighted by Gasteiger charge is -2.31. The van der Waals surface area contributed by atoms with E-state index in [1.54, 1.807) is 19.1 Å². The zero-order valence-corrected chi connectivity index (χ0v) is 11.2. The molecular formula is C14H16N2O4. The van der Waals surface area contributed by atoms with Crippen molar-refractivity contribution >= 4 is 17.7 Å². The zero-order chi connectivity index (χ0) is 14.5. The maximum atomic E-state index is 12.0. The number of nitrogens with zero attached hydrogens (tertiary/aromatic N) is 1. The summed E-state index contributed by atoms with van der Waals surface area (Å²) in [6, 6.07) is 8.52. The van der Waals surface area contributed by atoms with E-state index in [0.717, 1.165) is 0 Å². The van der Waals surface area contributed by atoms with E-state index >= 15 is 0 Å². The van der Waals surface area contributed by atoms with E-state index < -0.39 is 17.9 Å². The van der Waals surface area contributed by atoms with E-state index in [4.69, 9.17) is 4.74 Å². The Hall–Kier alpha value is -2.37. The van der Waals surface area contributed by atoms with Gasteiger partial charge in [-0.15, -0.1) is 0 Å². The van der Waals surface area contributed by atoms with Crippen LogP contribution in [0.3, 0.4) is 0 Å². The number of carbonyl (C=O) groups is 3. The number of carbonyl (C=O) groups excluding carboxylic acids is 3. The van der Waals surface area contributed by atoms with Crippen LogP contribution >= 0.6 is 0 Å². The van der Waals surface area contributed by atoms with Gasteiger partial charge in [-0.3, -0.25) is 19.7 Å². The summed E-state index contributed by atoms with van der Waals surface area (Å²) in [5.41, 5.74) is 0. The normalized spacial score (nSPS) is 18.6. The molecule has 1 aliphatic heterocycles. The number of hydrogen-bond acceptors (Lipinski definition) is 4. The van der Waals surface area contributed by atoms with Gasteiger partial charge in [0.1, 0.15) is 18.3 Å². The number of rotatable bonds is 4. The molecule has 6 heteroatoms. The summed E-state index contributed by atoms with van der Waals surface area (Å²) < 4.78 is 5.42. The van der Waals surface area contributed by atoms with Gasteiger partial charge in [-0.05, 0) is 19.1 Å². The number of piperazine rings is 1.